The van der Waals surface area contributed by atoms with Crippen LogP contribution in [0.15, 0.2) is 22.2 Å². The van der Waals surface area contributed by atoms with Crippen LogP contribution in [0.5, 0.6) is 0 Å². The molecule has 0 bridgehead atoms. The number of aromatic nitrogens is 2. The summed E-state index contributed by atoms with van der Waals surface area (Å²) < 4.78 is 6.83. The number of azide groups is 1. The lowest BCUT2D eigenvalue weighted by Crippen LogP contribution is -2.51. The van der Waals surface area contributed by atoms with Crippen molar-refractivity contribution in [2.45, 2.75) is 32.2 Å². The predicted molar refractivity (Wildman–Crippen MR) is 80.9 cm³/mol. The van der Waals surface area contributed by atoms with Crippen molar-refractivity contribution in [3.05, 3.63) is 33.2 Å². The first-order valence-corrected chi connectivity index (χ1v) is 7.10. The molecular weight excluding hydrogens is 304 g/mol. The molecule has 0 unspecified atom stereocenters. The molecule has 0 aliphatic carbocycles. The first kappa shape index (κ1) is 16.8. The van der Waals surface area contributed by atoms with E-state index in [1.54, 1.807) is 20.0 Å². The summed E-state index contributed by atoms with van der Waals surface area (Å²) in [6, 6.07) is 0.751. The van der Waals surface area contributed by atoms with Crippen molar-refractivity contribution >= 4 is 11.8 Å². The Labute approximate surface area is 131 Å². The maximum absolute atomic E-state index is 12.1. The van der Waals surface area contributed by atoms with Crippen LogP contribution in [0, 0.1) is 11.8 Å². The topological polar surface area (TPSA) is 142 Å². The molecule has 0 spiro atoms. The first-order valence-electron chi connectivity index (χ1n) is 7.10. The molecule has 0 saturated carbocycles. The minimum Gasteiger partial charge on any atom is -0.479 e. The first-order chi connectivity index (χ1) is 10.9. The third-order valence-corrected chi connectivity index (χ3v) is 4.20. The highest BCUT2D eigenvalue weighted by atomic mass is 16.5. The number of aliphatic carboxylic acids is 1. The van der Waals surface area contributed by atoms with Gasteiger partial charge in [-0.1, -0.05) is 19.0 Å². The van der Waals surface area contributed by atoms with Gasteiger partial charge in [0, 0.05) is 24.1 Å². The van der Waals surface area contributed by atoms with Crippen LogP contribution < -0.4 is 11.0 Å². The Hall–Kier alpha value is -2.58. The van der Waals surface area contributed by atoms with E-state index in [1.807, 2.05) is 6.92 Å². The van der Waals surface area contributed by atoms with Crippen LogP contribution in [-0.2, 0) is 9.53 Å². The van der Waals surface area contributed by atoms with E-state index < -0.39 is 30.0 Å². The van der Waals surface area contributed by atoms with E-state index in [9.17, 15) is 14.7 Å². The van der Waals surface area contributed by atoms with Gasteiger partial charge in [0.05, 0.1) is 6.04 Å². The van der Waals surface area contributed by atoms with Gasteiger partial charge in [0.25, 0.3) is 0 Å². The van der Waals surface area contributed by atoms with Gasteiger partial charge < -0.3 is 15.2 Å². The van der Waals surface area contributed by atoms with E-state index in [2.05, 4.69) is 20.3 Å². The quantitative estimate of drug-likeness (QED) is 0.484. The average Bonchev–Trinajstić information content (AvgIpc) is 2.52. The zero-order valence-electron chi connectivity index (χ0n) is 12.9. The number of carboxylic acids is 1. The highest BCUT2D eigenvalue weighted by Crippen LogP contribution is 2.37. The lowest BCUT2D eigenvalue weighted by Gasteiger charge is -2.41. The third kappa shape index (κ3) is 3.13. The summed E-state index contributed by atoms with van der Waals surface area (Å²) in [4.78, 5) is 30.1. The molecule has 10 nitrogen and oxygen atoms in total. The standard InChI is InChI=1S/C13H18N6O4/c1-6-7(2)11(19-5-4-8(15-3)16-13(19)22)23-10(12(20)21)9(6)17-18-14/h4-7,9-11H,1-3H3,(H,20,21)(H,15,16,22)/t6-,7-,9+,10+,11-/m1/s1. The van der Waals surface area contributed by atoms with Crippen LogP contribution in [0.1, 0.15) is 20.1 Å². The van der Waals surface area contributed by atoms with Crippen LogP contribution >= 0.6 is 0 Å². The van der Waals surface area contributed by atoms with Gasteiger partial charge in [0.2, 0.25) is 0 Å². The van der Waals surface area contributed by atoms with Crippen LogP contribution in [0.2, 0.25) is 0 Å². The Morgan fingerprint density at radius 3 is 2.74 bits per heavy atom. The normalized spacial score (nSPS) is 30.3. The molecule has 1 aromatic heterocycles. The van der Waals surface area contributed by atoms with E-state index in [1.165, 1.54) is 10.8 Å². The molecule has 124 valence electrons. The Balaban J connectivity index is 2.42. The molecule has 0 aromatic carbocycles. The molecule has 2 rings (SSSR count). The van der Waals surface area contributed by atoms with Crippen molar-refractivity contribution in [3.63, 3.8) is 0 Å². The summed E-state index contributed by atoms with van der Waals surface area (Å²) in [5.74, 6) is -1.37. The lowest BCUT2D eigenvalue weighted by molar-refractivity contribution is -0.184. The fourth-order valence-corrected chi connectivity index (χ4v) is 2.70. The number of nitrogens with zero attached hydrogens (tertiary/aromatic N) is 5. The Bertz CT molecular complexity index is 698. The van der Waals surface area contributed by atoms with Crippen LogP contribution in [0.25, 0.3) is 10.4 Å². The minimum atomic E-state index is -1.32. The average molecular weight is 322 g/mol. The van der Waals surface area contributed by atoms with Crippen molar-refractivity contribution in [1.29, 1.82) is 0 Å². The Morgan fingerprint density at radius 2 is 2.22 bits per heavy atom. The van der Waals surface area contributed by atoms with Gasteiger partial charge in [-0.15, -0.1) is 0 Å². The zero-order chi connectivity index (χ0) is 17.1. The summed E-state index contributed by atoms with van der Waals surface area (Å²) in [5.41, 5.74) is 8.10. The SMILES string of the molecule is CNc1ccn([C@@H]2O[C@H](C(=O)O)[C@@H](N=[N+]=[N-])[C@H](C)[C@H]2C)c(=O)n1. The number of carbonyl (C=O) groups is 1. The van der Waals surface area contributed by atoms with Crippen molar-refractivity contribution in [1.82, 2.24) is 9.55 Å². The van der Waals surface area contributed by atoms with Gasteiger partial charge in [-0.2, -0.15) is 4.98 Å². The third-order valence-electron chi connectivity index (χ3n) is 4.20. The van der Waals surface area contributed by atoms with E-state index in [0.717, 1.165) is 0 Å². The number of ether oxygens (including phenoxy) is 1. The van der Waals surface area contributed by atoms with Gasteiger partial charge in [-0.05, 0) is 17.5 Å². The van der Waals surface area contributed by atoms with Crippen molar-refractivity contribution in [2.75, 3.05) is 12.4 Å². The molecule has 1 saturated heterocycles. The smallest absolute Gasteiger partial charge is 0.351 e. The Kier molecular flexibility index (Phi) is 4.87. The zero-order valence-corrected chi connectivity index (χ0v) is 12.9. The molecule has 1 fully saturated rings. The molecular formula is C13H18N6O4. The maximum atomic E-state index is 12.1. The summed E-state index contributed by atoms with van der Waals surface area (Å²) in [7, 11) is 1.64. The van der Waals surface area contributed by atoms with Crippen LogP contribution in [0.3, 0.4) is 0 Å². The summed E-state index contributed by atoms with van der Waals surface area (Å²) in [6.45, 7) is 3.58. The van der Waals surface area contributed by atoms with Crippen molar-refractivity contribution in [2.24, 2.45) is 17.0 Å². The second-order valence-electron chi connectivity index (χ2n) is 5.45. The predicted octanol–water partition coefficient (Wildman–Crippen LogP) is 1.22. The highest BCUT2D eigenvalue weighted by Gasteiger charge is 2.45. The number of rotatable bonds is 4. The summed E-state index contributed by atoms with van der Waals surface area (Å²) in [5, 5.41) is 15.6. The molecule has 1 aliphatic heterocycles. The molecule has 5 atom stereocenters. The molecule has 0 amide bonds. The van der Waals surface area contributed by atoms with Crippen molar-refractivity contribution in [3.8, 4) is 0 Å². The molecule has 2 heterocycles. The molecule has 10 heteroatoms. The second kappa shape index (κ2) is 6.67. The number of anilines is 1. The van der Waals surface area contributed by atoms with E-state index in [0.29, 0.717) is 5.82 Å². The number of hydrogen-bond donors (Lipinski definition) is 2. The second-order valence-corrected chi connectivity index (χ2v) is 5.45. The fourth-order valence-electron chi connectivity index (χ4n) is 2.70. The summed E-state index contributed by atoms with van der Waals surface area (Å²) in [6.07, 6.45) is -0.623. The molecule has 0 radical (unpaired) electrons. The van der Waals surface area contributed by atoms with Gasteiger partial charge in [0.15, 0.2) is 6.10 Å². The highest BCUT2D eigenvalue weighted by molar-refractivity contribution is 5.73. The van der Waals surface area contributed by atoms with Crippen LogP contribution in [0.4, 0.5) is 5.82 Å². The van der Waals surface area contributed by atoms with E-state index in [4.69, 9.17) is 10.3 Å². The van der Waals surface area contributed by atoms with Crippen LogP contribution in [-0.4, -0.2) is 39.8 Å². The largest absolute Gasteiger partial charge is 0.479 e. The monoisotopic (exact) mass is 322 g/mol. The number of nitrogens with one attached hydrogen (secondary N) is 1. The van der Waals surface area contributed by atoms with Gasteiger partial charge >= 0.3 is 11.7 Å². The fraction of sp³-hybridized carbons (Fsp3) is 0.615. The van der Waals surface area contributed by atoms with Gasteiger partial charge in [0.1, 0.15) is 12.0 Å². The minimum absolute atomic E-state index is 0.249. The van der Waals surface area contributed by atoms with E-state index in [-0.39, 0.29) is 11.8 Å². The number of carboxylic acid groups (broad SMARTS) is 1. The molecule has 23 heavy (non-hydrogen) atoms. The van der Waals surface area contributed by atoms with Gasteiger partial charge in [-0.3, -0.25) is 4.57 Å². The lowest BCUT2D eigenvalue weighted by atomic mass is 9.82. The molecule has 2 N–H and O–H groups in total. The number of hydrogen-bond acceptors (Lipinski definition) is 6. The Morgan fingerprint density at radius 1 is 1.52 bits per heavy atom. The van der Waals surface area contributed by atoms with E-state index >= 15 is 0 Å². The molecule has 1 aliphatic rings. The van der Waals surface area contributed by atoms with Gasteiger partial charge in [-0.25, -0.2) is 9.59 Å². The summed E-state index contributed by atoms with van der Waals surface area (Å²) >= 11 is 0. The van der Waals surface area contributed by atoms with Crippen molar-refractivity contribution < 1.29 is 14.6 Å². The molecule has 1 aromatic rings. The maximum Gasteiger partial charge on any atom is 0.351 e.